The molecule has 10 nitrogen and oxygen atoms in total. The molecule has 1 aliphatic heterocycles. The van der Waals surface area contributed by atoms with Gasteiger partial charge in [-0.25, -0.2) is 14.6 Å². The van der Waals surface area contributed by atoms with E-state index in [-0.39, 0.29) is 22.6 Å². The molecule has 2 aromatic carbocycles. The highest BCUT2D eigenvalue weighted by Crippen LogP contribution is 2.32. The van der Waals surface area contributed by atoms with Gasteiger partial charge >= 0.3 is 11.9 Å². The minimum absolute atomic E-state index is 0.0660. The molecule has 0 fully saturated rings. The number of methoxy groups -OCH3 is 3. The highest BCUT2D eigenvalue weighted by atomic mass is 32.1. The van der Waals surface area contributed by atoms with E-state index in [2.05, 4.69) is 4.99 Å². The summed E-state index contributed by atoms with van der Waals surface area (Å²) in [6, 6.07) is 14.1. The van der Waals surface area contributed by atoms with Crippen LogP contribution in [0.1, 0.15) is 34.6 Å². The van der Waals surface area contributed by atoms with E-state index in [1.807, 2.05) is 0 Å². The van der Waals surface area contributed by atoms with Crippen molar-refractivity contribution in [3.63, 3.8) is 0 Å². The Labute approximate surface area is 232 Å². The predicted octanol–water partition coefficient (Wildman–Crippen LogP) is 3.24. The maximum Gasteiger partial charge on any atom is 0.379 e. The van der Waals surface area contributed by atoms with Gasteiger partial charge in [0, 0.05) is 11.6 Å². The van der Waals surface area contributed by atoms with Crippen LogP contribution in [0, 0.1) is 0 Å². The van der Waals surface area contributed by atoms with Crippen LogP contribution in [0.15, 0.2) is 86.3 Å². The molecule has 0 saturated carbocycles. The number of allylic oxidation sites excluding steroid dienone is 1. The van der Waals surface area contributed by atoms with E-state index in [1.54, 1.807) is 68.6 Å². The third-order valence-corrected chi connectivity index (χ3v) is 7.27. The number of aromatic nitrogens is 1. The molecule has 3 heterocycles. The highest BCUT2D eigenvalue weighted by Gasteiger charge is 2.33. The van der Waals surface area contributed by atoms with E-state index >= 15 is 0 Å². The fourth-order valence-corrected chi connectivity index (χ4v) is 5.39. The molecule has 0 radical (unpaired) electrons. The van der Waals surface area contributed by atoms with Gasteiger partial charge in [-0.05, 0) is 55.0 Å². The number of benzene rings is 2. The molecular weight excluding hydrogens is 536 g/mol. The van der Waals surface area contributed by atoms with Crippen LogP contribution in [0.3, 0.4) is 0 Å². The number of thiazole rings is 1. The minimum Gasteiger partial charge on any atom is -0.497 e. The fraction of sp³-hybridized carbons (Fsp3) is 0.172. The zero-order valence-corrected chi connectivity index (χ0v) is 22.8. The molecule has 204 valence electrons. The minimum atomic E-state index is -0.821. The van der Waals surface area contributed by atoms with E-state index < -0.39 is 18.0 Å². The van der Waals surface area contributed by atoms with Crippen molar-refractivity contribution in [2.75, 3.05) is 21.3 Å². The number of esters is 2. The SMILES string of the molecule is COC(=O)C1=C(C)N=c2s/c(=C/c3ccc(OC)cc3OC)c(=O)n2[C@H]1c1ccc(OC(=O)c2ccco2)cc1. The van der Waals surface area contributed by atoms with Crippen molar-refractivity contribution < 1.29 is 33.0 Å². The quantitative estimate of drug-likeness (QED) is 0.250. The first-order valence-electron chi connectivity index (χ1n) is 12.0. The van der Waals surface area contributed by atoms with E-state index in [0.29, 0.717) is 37.7 Å². The largest absolute Gasteiger partial charge is 0.497 e. The average molecular weight is 561 g/mol. The summed E-state index contributed by atoms with van der Waals surface area (Å²) < 4.78 is 28.1. The molecule has 0 saturated heterocycles. The van der Waals surface area contributed by atoms with Gasteiger partial charge in [0.05, 0.1) is 49.4 Å². The van der Waals surface area contributed by atoms with Gasteiger partial charge < -0.3 is 23.4 Å². The second kappa shape index (κ2) is 11.1. The Morgan fingerprint density at radius 3 is 2.40 bits per heavy atom. The van der Waals surface area contributed by atoms with Gasteiger partial charge in [-0.3, -0.25) is 9.36 Å². The Kier molecular flexibility index (Phi) is 7.39. The number of carbonyl (C=O) groups excluding carboxylic acids is 2. The summed E-state index contributed by atoms with van der Waals surface area (Å²) in [7, 11) is 4.37. The summed E-state index contributed by atoms with van der Waals surface area (Å²) in [5.41, 5.74) is 1.59. The molecule has 11 heteroatoms. The van der Waals surface area contributed by atoms with E-state index in [9.17, 15) is 14.4 Å². The monoisotopic (exact) mass is 560 g/mol. The van der Waals surface area contributed by atoms with Crippen molar-refractivity contribution in [2.45, 2.75) is 13.0 Å². The molecule has 1 aliphatic rings. The number of fused-ring (bicyclic) bond motifs is 1. The van der Waals surface area contributed by atoms with E-state index in [1.165, 1.54) is 42.5 Å². The third-order valence-electron chi connectivity index (χ3n) is 6.28. The standard InChI is InChI=1S/C29H24N2O8S/c1-16-24(28(34)37-4)25(17-7-10-19(11-8-17)39-27(33)21-6-5-13-38-21)31-26(32)23(40-29(31)30-16)14-18-9-12-20(35-2)15-22(18)36-3/h5-15,25H,1-4H3/b23-14+/t25-/m0/s1. The highest BCUT2D eigenvalue weighted by molar-refractivity contribution is 7.07. The van der Waals surface area contributed by atoms with Crippen molar-refractivity contribution in [1.29, 1.82) is 0 Å². The summed E-state index contributed by atoms with van der Waals surface area (Å²) in [4.78, 5) is 43.9. The molecular formula is C29H24N2O8S. The fourth-order valence-electron chi connectivity index (χ4n) is 4.36. The predicted molar refractivity (Wildman–Crippen MR) is 145 cm³/mol. The summed E-state index contributed by atoms with van der Waals surface area (Å²) in [6.45, 7) is 1.70. The maximum atomic E-state index is 13.8. The number of nitrogens with zero attached hydrogens (tertiary/aromatic N) is 2. The third kappa shape index (κ3) is 4.94. The van der Waals surface area contributed by atoms with Crippen molar-refractivity contribution in [2.24, 2.45) is 4.99 Å². The lowest BCUT2D eigenvalue weighted by atomic mass is 9.96. The number of carbonyl (C=O) groups is 2. The van der Waals surface area contributed by atoms with Crippen LogP contribution in [-0.2, 0) is 9.53 Å². The summed E-state index contributed by atoms with van der Waals surface area (Å²) in [5, 5.41) is 0. The Morgan fingerprint density at radius 1 is 1.00 bits per heavy atom. The van der Waals surface area contributed by atoms with Gasteiger partial charge in [-0.15, -0.1) is 0 Å². The van der Waals surface area contributed by atoms with Crippen LogP contribution >= 0.6 is 11.3 Å². The van der Waals surface area contributed by atoms with Crippen LogP contribution in [0.4, 0.5) is 0 Å². The molecule has 5 rings (SSSR count). The summed E-state index contributed by atoms with van der Waals surface area (Å²) in [5.74, 6) is 0.233. The molecule has 0 bridgehead atoms. The molecule has 2 aromatic heterocycles. The van der Waals surface area contributed by atoms with Gasteiger partial charge in [-0.2, -0.15) is 0 Å². The topological polar surface area (TPSA) is 119 Å². The van der Waals surface area contributed by atoms with Gasteiger partial charge in [0.15, 0.2) is 4.80 Å². The Hall–Kier alpha value is -4.90. The lowest BCUT2D eigenvalue weighted by molar-refractivity contribution is -0.136. The van der Waals surface area contributed by atoms with Crippen molar-refractivity contribution >= 4 is 29.4 Å². The lowest BCUT2D eigenvalue weighted by Gasteiger charge is -2.24. The molecule has 40 heavy (non-hydrogen) atoms. The molecule has 0 N–H and O–H groups in total. The van der Waals surface area contributed by atoms with Gasteiger partial charge in [0.1, 0.15) is 17.2 Å². The van der Waals surface area contributed by atoms with Crippen molar-refractivity contribution in [3.05, 3.63) is 109 Å². The molecule has 0 unspecified atom stereocenters. The molecule has 4 aromatic rings. The van der Waals surface area contributed by atoms with E-state index in [0.717, 1.165) is 0 Å². The molecule has 0 aliphatic carbocycles. The Bertz CT molecular complexity index is 1800. The first-order chi connectivity index (χ1) is 19.3. The van der Waals surface area contributed by atoms with Crippen LogP contribution in [-0.4, -0.2) is 37.8 Å². The number of hydrogen-bond donors (Lipinski definition) is 0. The average Bonchev–Trinajstić information content (AvgIpc) is 3.61. The van der Waals surface area contributed by atoms with E-state index in [4.69, 9.17) is 23.4 Å². The van der Waals surface area contributed by atoms with Crippen molar-refractivity contribution in [3.8, 4) is 17.2 Å². The number of rotatable bonds is 7. The Balaban J connectivity index is 1.60. The first-order valence-corrected chi connectivity index (χ1v) is 12.8. The molecule has 0 amide bonds. The number of hydrogen-bond acceptors (Lipinski definition) is 10. The van der Waals surface area contributed by atoms with Gasteiger partial charge in [-0.1, -0.05) is 23.5 Å². The van der Waals surface area contributed by atoms with Crippen LogP contribution in [0.25, 0.3) is 6.08 Å². The van der Waals surface area contributed by atoms with Gasteiger partial charge in [0.25, 0.3) is 5.56 Å². The summed E-state index contributed by atoms with van der Waals surface area (Å²) in [6.07, 6.45) is 3.09. The van der Waals surface area contributed by atoms with Gasteiger partial charge in [0.2, 0.25) is 5.76 Å². The van der Waals surface area contributed by atoms with Crippen LogP contribution < -0.4 is 29.1 Å². The second-order valence-corrected chi connectivity index (χ2v) is 9.63. The number of ether oxygens (including phenoxy) is 4. The zero-order chi connectivity index (χ0) is 28.4. The van der Waals surface area contributed by atoms with Crippen molar-refractivity contribution in [1.82, 2.24) is 4.57 Å². The van der Waals surface area contributed by atoms with Crippen LogP contribution in [0.5, 0.6) is 17.2 Å². The zero-order valence-electron chi connectivity index (χ0n) is 22.0. The molecule has 0 spiro atoms. The Morgan fingerprint density at radius 2 is 1.75 bits per heavy atom. The van der Waals surface area contributed by atoms with Crippen LogP contribution in [0.2, 0.25) is 0 Å². The molecule has 1 atom stereocenters. The lowest BCUT2D eigenvalue weighted by Crippen LogP contribution is -2.39. The smallest absolute Gasteiger partial charge is 0.379 e. The number of furan rings is 1. The normalized spacial score (nSPS) is 14.8. The first kappa shape index (κ1) is 26.7. The maximum absolute atomic E-state index is 13.8. The second-order valence-electron chi connectivity index (χ2n) is 8.62. The summed E-state index contributed by atoms with van der Waals surface area (Å²) >= 11 is 1.19.